The maximum absolute atomic E-state index is 10.9. The third-order valence-electron chi connectivity index (χ3n) is 2.25. The van der Waals surface area contributed by atoms with Crippen molar-refractivity contribution < 1.29 is 9.66 Å². The molecule has 100 valence electrons. The topological polar surface area (TPSA) is 77.3 Å². The fourth-order valence-corrected chi connectivity index (χ4v) is 1.59. The molecule has 1 N–H and O–H groups in total. The Morgan fingerprint density at radius 1 is 1.61 bits per heavy atom. The summed E-state index contributed by atoms with van der Waals surface area (Å²) in [5.74, 6) is 0.192. The van der Waals surface area contributed by atoms with Crippen LogP contribution in [0.25, 0.3) is 0 Å². The van der Waals surface area contributed by atoms with Gasteiger partial charge in [0, 0.05) is 25.4 Å². The zero-order chi connectivity index (χ0) is 13.8. The Kier molecular flexibility index (Phi) is 4.86. The highest BCUT2D eigenvalue weighted by atomic mass is 35.5. The van der Waals surface area contributed by atoms with Gasteiger partial charge in [-0.05, 0) is 20.8 Å². The monoisotopic (exact) mass is 273 g/mol. The van der Waals surface area contributed by atoms with E-state index in [4.69, 9.17) is 16.3 Å². The number of halogens is 1. The first-order valence-corrected chi connectivity index (χ1v) is 5.91. The summed E-state index contributed by atoms with van der Waals surface area (Å²) in [6, 6.07) is 1.27. The first-order chi connectivity index (χ1) is 8.35. The molecule has 0 saturated heterocycles. The Balaban J connectivity index is 2.82. The van der Waals surface area contributed by atoms with Gasteiger partial charge in [0.15, 0.2) is 0 Å². The summed E-state index contributed by atoms with van der Waals surface area (Å²) in [5, 5.41) is 14.0. The molecule has 0 aliphatic rings. The van der Waals surface area contributed by atoms with Gasteiger partial charge < -0.3 is 10.1 Å². The number of pyridine rings is 1. The third-order valence-corrected chi connectivity index (χ3v) is 2.45. The SMILES string of the molecule is CCOC(C)(C)CNc1ncc(Cl)cc1[N+](=O)[O-]. The maximum Gasteiger partial charge on any atom is 0.312 e. The Bertz CT molecular complexity index is 438. The standard InChI is InChI=1S/C11H16ClN3O3/c1-4-18-11(2,3)7-14-10-9(15(16)17)5-8(12)6-13-10/h5-6H,4,7H2,1-3H3,(H,13,14). The predicted octanol–water partition coefficient (Wildman–Crippen LogP) is 2.87. The van der Waals surface area contributed by atoms with Crippen molar-refractivity contribution >= 4 is 23.1 Å². The molecule has 0 aliphatic heterocycles. The van der Waals surface area contributed by atoms with Gasteiger partial charge in [-0.15, -0.1) is 0 Å². The zero-order valence-electron chi connectivity index (χ0n) is 10.6. The van der Waals surface area contributed by atoms with Gasteiger partial charge in [0.05, 0.1) is 15.5 Å². The number of nitrogens with one attached hydrogen (secondary N) is 1. The minimum atomic E-state index is -0.519. The van der Waals surface area contributed by atoms with E-state index in [-0.39, 0.29) is 16.5 Å². The number of rotatable bonds is 6. The van der Waals surface area contributed by atoms with Crippen molar-refractivity contribution in [2.45, 2.75) is 26.4 Å². The Hall–Kier alpha value is -1.40. The average molecular weight is 274 g/mol. The minimum absolute atomic E-state index is 0.144. The van der Waals surface area contributed by atoms with E-state index in [0.29, 0.717) is 13.2 Å². The van der Waals surface area contributed by atoms with Crippen LogP contribution in [0.15, 0.2) is 12.3 Å². The Morgan fingerprint density at radius 3 is 2.83 bits per heavy atom. The highest BCUT2D eigenvalue weighted by Crippen LogP contribution is 2.25. The van der Waals surface area contributed by atoms with Crippen molar-refractivity contribution in [2.24, 2.45) is 0 Å². The van der Waals surface area contributed by atoms with Crippen molar-refractivity contribution in [2.75, 3.05) is 18.5 Å². The lowest BCUT2D eigenvalue weighted by Gasteiger charge is -2.25. The molecule has 0 spiro atoms. The second-order valence-electron chi connectivity index (χ2n) is 4.32. The molecule has 1 aromatic rings. The fourth-order valence-electron chi connectivity index (χ4n) is 1.44. The van der Waals surface area contributed by atoms with Crippen LogP contribution in [0.3, 0.4) is 0 Å². The van der Waals surface area contributed by atoms with Gasteiger partial charge >= 0.3 is 5.69 Å². The van der Waals surface area contributed by atoms with Crippen LogP contribution in [0.1, 0.15) is 20.8 Å². The van der Waals surface area contributed by atoms with E-state index >= 15 is 0 Å². The average Bonchev–Trinajstić information content (AvgIpc) is 2.27. The Labute approximate surface area is 110 Å². The van der Waals surface area contributed by atoms with Gasteiger partial charge in [-0.3, -0.25) is 10.1 Å². The number of nitrogens with zero attached hydrogens (tertiary/aromatic N) is 2. The molecule has 0 atom stereocenters. The quantitative estimate of drug-likeness (QED) is 0.637. The second-order valence-corrected chi connectivity index (χ2v) is 4.76. The molecule has 0 amide bonds. The molecular formula is C11H16ClN3O3. The van der Waals surface area contributed by atoms with E-state index in [1.165, 1.54) is 12.3 Å². The van der Waals surface area contributed by atoms with E-state index in [9.17, 15) is 10.1 Å². The van der Waals surface area contributed by atoms with Crippen molar-refractivity contribution in [3.63, 3.8) is 0 Å². The van der Waals surface area contributed by atoms with Crippen LogP contribution in [-0.2, 0) is 4.74 Å². The molecule has 0 bridgehead atoms. The van der Waals surface area contributed by atoms with E-state index in [1.54, 1.807) is 0 Å². The maximum atomic E-state index is 10.9. The van der Waals surface area contributed by atoms with Gasteiger partial charge in [0.1, 0.15) is 0 Å². The van der Waals surface area contributed by atoms with Crippen molar-refractivity contribution in [1.82, 2.24) is 4.98 Å². The zero-order valence-corrected chi connectivity index (χ0v) is 11.3. The highest BCUT2D eigenvalue weighted by Gasteiger charge is 2.21. The van der Waals surface area contributed by atoms with Crippen LogP contribution < -0.4 is 5.32 Å². The summed E-state index contributed by atoms with van der Waals surface area (Å²) in [4.78, 5) is 14.3. The van der Waals surface area contributed by atoms with Crippen LogP contribution in [0.4, 0.5) is 11.5 Å². The molecule has 18 heavy (non-hydrogen) atoms. The summed E-state index contributed by atoms with van der Waals surface area (Å²) >= 11 is 5.68. The molecule has 0 unspecified atom stereocenters. The van der Waals surface area contributed by atoms with E-state index in [1.807, 2.05) is 20.8 Å². The van der Waals surface area contributed by atoms with E-state index in [2.05, 4.69) is 10.3 Å². The van der Waals surface area contributed by atoms with Crippen LogP contribution >= 0.6 is 11.6 Å². The molecule has 0 aliphatic carbocycles. The first-order valence-electron chi connectivity index (χ1n) is 5.53. The molecule has 1 heterocycles. The highest BCUT2D eigenvalue weighted by molar-refractivity contribution is 6.30. The van der Waals surface area contributed by atoms with Gasteiger partial charge in [-0.25, -0.2) is 4.98 Å². The predicted molar refractivity (Wildman–Crippen MR) is 70.1 cm³/mol. The van der Waals surface area contributed by atoms with Gasteiger partial charge in [0.25, 0.3) is 0 Å². The minimum Gasteiger partial charge on any atom is -0.374 e. The number of hydrogen-bond acceptors (Lipinski definition) is 5. The molecule has 1 rings (SSSR count). The largest absolute Gasteiger partial charge is 0.374 e. The molecule has 0 fully saturated rings. The molecule has 7 heteroatoms. The smallest absolute Gasteiger partial charge is 0.312 e. The van der Waals surface area contributed by atoms with E-state index < -0.39 is 10.5 Å². The summed E-state index contributed by atoms with van der Waals surface area (Å²) in [6.45, 7) is 6.67. The summed E-state index contributed by atoms with van der Waals surface area (Å²) in [6.07, 6.45) is 1.37. The van der Waals surface area contributed by atoms with Crippen molar-refractivity contribution in [3.8, 4) is 0 Å². The van der Waals surface area contributed by atoms with Crippen molar-refractivity contribution in [1.29, 1.82) is 0 Å². The second kappa shape index (κ2) is 5.97. The van der Waals surface area contributed by atoms with Crippen LogP contribution in [0.5, 0.6) is 0 Å². The van der Waals surface area contributed by atoms with Crippen LogP contribution in [0.2, 0.25) is 5.02 Å². The number of nitro groups is 1. The third kappa shape index (κ3) is 4.12. The van der Waals surface area contributed by atoms with Gasteiger partial charge in [-0.2, -0.15) is 0 Å². The lowest BCUT2D eigenvalue weighted by atomic mass is 10.1. The fraction of sp³-hybridized carbons (Fsp3) is 0.545. The number of hydrogen-bond donors (Lipinski definition) is 1. The molecule has 0 aromatic carbocycles. The lowest BCUT2D eigenvalue weighted by Crippen LogP contribution is -2.33. The molecule has 1 aromatic heterocycles. The van der Waals surface area contributed by atoms with Crippen LogP contribution in [0, 0.1) is 10.1 Å². The summed E-state index contributed by atoms with van der Waals surface area (Å²) < 4.78 is 5.49. The Morgan fingerprint density at radius 2 is 2.28 bits per heavy atom. The normalized spacial score (nSPS) is 11.3. The number of ether oxygens (including phenoxy) is 1. The molecule has 6 nitrogen and oxygen atoms in total. The van der Waals surface area contributed by atoms with Crippen LogP contribution in [-0.4, -0.2) is 28.7 Å². The van der Waals surface area contributed by atoms with Gasteiger partial charge in [0.2, 0.25) is 5.82 Å². The lowest BCUT2D eigenvalue weighted by molar-refractivity contribution is -0.384. The molecular weight excluding hydrogens is 258 g/mol. The molecule has 0 saturated carbocycles. The number of anilines is 1. The summed E-state index contributed by atoms with van der Waals surface area (Å²) in [5.41, 5.74) is -0.570. The van der Waals surface area contributed by atoms with Crippen molar-refractivity contribution in [3.05, 3.63) is 27.4 Å². The number of aromatic nitrogens is 1. The molecule has 0 radical (unpaired) electrons. The van der Waals surface area contributed by atoms with E-state index in [0.717, 1.165) is 0 Å². The summed E-state index contributed by atoms with van der Waals surface area (Å²) in [7, 11) is 0. The van der Waals surface area contributed by atoms with Gasteiger partial charge in [-0.1, -0.05) is 11.6 Å². The first kappa shape index (κ1) is 14.7.